The van der Waals surface area contributed by atoms with Gasteiger partial charge in [-0.2, -0.15) is 5.26 Å². The molecule has 0 fully saturated rings. The van der Waals surface area contributed by atoms with Crippen LogP contribution in [-0.2, 0) is 0 Å². The summed E-state index contributed by atoms with van der Waals surface area (Å²) in [7, 11) is 0. The van der Waals surface area contributed by atoms with Gasteiger partial charge in [0, 0.05) is 6.07 Å². The second-order valence-electron chi connectivity index (χ2n) is 3.51. The number of nitriles is 1. The zero-order valence-corrected chi connectivity index (χ0v) is 9.91. The Morgan fingerprint density at radius 3 is 2.67 bits per heavy atom. The summed E-state index contributed by atoms with van der Waals surface area (Å²) >= 11 is 5.89. The zero-order chi connectivity index (χ0) is 13.1. The summed E-state index contributed by atoms with van der Waals surface area (Å²) < 4.78 is 18.7. The van der Waals surface area contributed by atoms with Crippen LogP contribution < -0.4 is 10.5 Å². The number of anilines is 1. The molecule has 3 nitrogen and oxygen atoms in total. The van der Waals surface area contributed by atoms with Crippen molar-refractivity contribution in [1.82, 2.24) is 0 Å². The Hall–Kier alpha value is -2.25. The third-order valence-electron chi connectivity index (χ3n) is 2.28. The van der Waals surface area contributed by atoms with Gasteiger partial charge in [0.05, 0.1) is 16.3 Å². The lowest BCUT2D eigenvalue weighted by molar-refractivity contribution is 0.476. The Morgan fingerprint density at radius 2 is 1.94 bits per heavy atom. The molecule has 2 aromatic carbocycles. The van der Waals surface area contributed by atoms with Crippen molar-refractivity contribution >= 4 is 17.3 Å². The molecule has 0 saturated carbocycles. The van der Waals surface area contributed by atoms with Crippen LogP contribution in [0.2, 0.25) is 5.02 Å². The molecule has 5 heteroatoms. The molecule has 0 aromatic heterocycles. The number of nitrogens with two attached hydrogens (primary N) is 1. The molecule has 0 bridgehead atoms. The highest BCUT2D eigenvalue weighted by molar-refractivity contribution is 6.32. The second kappa shape index (κ2) is 4.94. The van der Waals surface area contributed by atoms with E-state index in [2.05, 4.69) is 0 Å². The number of nitrogens with zero attached hydrogens (tertiary/aromatic N) is 1. The lowest BCUT2D eigenvalue weighted by atomic mass is 10.2. The van der Waals surface area contributed by atoms with Crippen LogP contribution in [0.5, 0.6) is 11.5 Å². The third-order valence-corrected chi connectivity index (χ3v) is 2.57. The van der Waals surface area contributed by atoms with E-state index in [1.54, 1.807) is 24.3 Å². The van der Waals surface area contributed by atoms with E-state index in [0.717, 1.165) is 6.07 Å². The first-order chi connectivity index (χ1) is 8.61. The fourth-order valence-corrected chi connectivity index (χ4v) is 1.60. The van der Waals surface area contributed by atoms with E-state index in [-0.39, 0.29) is 16.5 Å². The molecular weight excluding hydrogens is 255 g/mol. The van der Waals surface area contributed by atoms with E-state index in [1.165, 1.54) is 6.07 Å². The number of ether oxygens (including phenoxy) is 1. The number of hydrogen-bond acceptors (Lipinski definition) is 3. The van der Waals surface area contributed by atoms with Gasteiger partial charge >= 0.3 is 0 Å². The topological polar surface area (TPSA) is 59.0 Å². The van der Waals surface area contributed by atoms with Crippen LogP contribution in [0, 0.1) is 17.1 Å². The number of halogens is 2. The van der Waals surface area contributed by atoms with Gasteiger partial charge in [-0.15, -0.1) is 0 Å². The maximum absolute atomic E-state index is 13.3. The van der Waals surface area contributed by atoms with Gasteiger partial charge < -0.3 is 10.5 Å². The second-order valence-corrected chi connectivity index (χ2v) is 3.92. The molecular formula is C13H8ClFN2O. The highest BCUT2D eigenvalue weighted by Gasteiger charge is 2.10. The van der Waals surface area contributed by atoms with Crippen molar-refractivity contribution in [1.29, 1.82) is 5.26 Å². The van der Waals surface area contributed by atoms with Crippen LogP contribution in [0.15, 0.2) is 36.4 Å². The molecule has 0 amide bonds. The minimum absolute atomic E-state index is 0.0547. The minimum Gasteiger partial charge on any atom is -0.454 e. The predicted molar refractivity (Wildman–Crippen MR) is 67.1 cm³/mol. The fraction of sp³-hybridized carbons (Fsp3) is 0. The van der Waals surface area contributed by atoms with Gasteiger partial charge in [-0.3, -0.25) is 0 Å². The van der Waals surface area contributed by atoms with Crippen molar-refractivity contribution in [3.63, 3.8) is 0 Å². The quantitative estimate of drug-likeness (QED) is 0.839. The molecule has 90 valence electrons. The van der Waals surface area contributed by atoms with Crippen molar-refractivity contribution in [3.05, 3.63) is 52.8 Å². The molecule has 2 rings (SSSR count). The van der Waals surface area contributed by atoms with Crippen LogP contribution in [-0.4, -0.2) is 0 Å². The Balaban J connectivity index is 2.41. The first-order valence-electron chi connectivity index (χ1n) is 5.03. The number of benzene rings is 2. The van der Waals surface area contributed by atoms with Crippen molar-refractivity contribution in [2.24, 2.45) is 0 Å². The van der Waals surface area contributed by atoms with Gasteiger partial charge in [-0.1, -0.05) is 23.7 Å². The van der Waals surface area contributed by atoms with Gasteiger partial charge in [-0.25, -0.2) is 4.39 Å². The first kappa shape index (κ1) is 12.2. The molecule has 0 aliphatic carbocycles. The maximum Gasteiger partial charge on any atom is 0.149 e. The summed E-state index contributed by atoms with van der Waals surface area (Å²) in [5.74, 6) is -0.194. The molecule has 0 unspecified atom stereocenters. The first-order valence-corrected chi connectivity index (χ1v) is 5.41. The van der Waals surface area contributed by atoms with Gasteiger partial charge in [0.25, 0.3) is 0 Å². The van der Waals surface area contributed by atoms with Gasteiger partial charge in [0.1, 0.15) is 23.4 Å². The van der Waals surface area contributed by atoms with E-state index in [4.69, 9.17) is 27.3 Å². The lowest BCUT2D eigenvalue weighted by Gasteiger charge is -2.09. The molecule has 2 N–H and O–H groups in total. The highest BCUT2D eigenvalue weighted by atomic mass is 35.5. The highest BCUT2D eigenvalue weighted by Crippen LogP contribution is 2.33. The summed E-state index contributed by atoms with van der Waals surface area (Å²) in [6, 6.07) is 10.9. The fourth-order valence-electron chi connectivity index (χ4n) is 1.39. The average molecular weight is 263 g/mol. The number of para-hydroxylation sites is 1. The van der Waals surface area contributed by atoms with E-state index in [1.807, 2.05) is 6.07 Å². The number of rotatable bonds is 2. The minimum atomic E-state index is -0.621. The summed E-state index contributed by atoms with van der Waals surface area (Å²) in [5, 5.41) is 9.09. The summed E-state index contributed by atoms with van der Waals surface area (Å²) in [6.07, 6.45) is 0. The average Bonchev–Trinajstić information content (AvgIpc) is 2.36. The molecule has 0 radical (unpaired) electrons. The Kier molecular flexibility index (Phi) is 3.35. The smallest absolute Gasteiger partial charge is 0.149 e. The van der Waals surface area contributed by atoms with Crippen LogP contribution in [0.3, 0.4) is 0 Å². The van der Waals surface area contributed by atoms with Crippen molar-refractivity contribution in [2.45, 2.75) is 0 Å². The largest absolute Gasteiger partial charge is 0.454 e. The molecule has 0 spiro atoms. The summed E-state index contributed by atoms with van der Waals surface area (Å²) in [6.45, 7) is 0. The van der Waals surface area contributed by atoms with Gasteiger partial charge in [-0.05, 0) is 18.2 Å². The number of nitrogen functional groups attached to an aromatic ring is 1. The molecule has 0 aliphatic heterocycles. The maximum atomic E-state index is 13.3. The molecule has 0 atom stereocenters. The van der Waals surface area contributed by atoms with Gasteiger partial charge in [0.15, 0.2) is 0 Å². The van der Waals surface area contributed by atoms with Crippen LogP contribution >= 0.6 is 11.6 Å². The van der Waals surface area contributed by atoms with Crippen LogP contribution in [0.25, 0.3) is 0 Å². The van der Waals surface area contributed by atoms with E-state index >= 15 is 0 Å². The van der Waals surface area contributed by atoms with Crippen molar-refractivity contribution in [3.8, 4) is 17.6 Å². The SMILES string of the molecule is N#Cc1ccccc1Oc1cc(F)c(N)cc1Cl. The zero-order valence-electron chi connectivity index (χ0n) is 9.15. The standard InChI is InChI=1S/C13H8ClFN2O/c14-9-5-11(17)10(15)6-13(9)18-12-4-2-1-3-8(12)7-16/h1-6H,17H2. The monoisotopic (exact) mass is 262 g/mol. The third kappa shape index (κ3) is 2.36. The van der Waals surface area contributed by atoms with Crippen molar-refractivity contribution in [2.75, 3.05) is 5.73 Å². The van der Waals surface area contributed by atoms with E-state index in [9.17, 15) is 4.39 Å². The van der Waals surface area contributed by atoms with Crippen LogP contribution in [0.4, 0.5) is 10.1 Å². The summed E-state index contributed by atoms with van der Waals surface area (Å²) in [4.78, 5) is 0. The molecule has 2 aromatic rings. The molecule has 18 heavy (non-hydrogen) atoms. The van der Waals surface area contributed by atoms with Crippen LogP contribution in [0.1, 0.15) is 5.56 Å². The summed E-state index contributed by atoms with van der Waals surface area (Å²) in [5.41, 5.74) is 5.66. The Morgan fingerprint density at radius 1 is 1.22 bits per heavy atom. The number of hydrogen-bond donors (Lipinski definition) is 1. The Bertz CT molecular complexity index is 637. The van der Waals surface area contributed by atoms with Gasteiger partial charge in [0.2, 0.25) is 0 Å². The molecule has 0 heterocycles. The molecule has 0 aliphatic rings. The van der Waals surface area contributed by atoms with E-state index < -0.39 is 5.82 Å². The predicted octanol–water partition coefficient (Wildman–Crippen LogP) is 3.73. The van der Waals surface area contributed by atoms with E-state index in [0.29, 0.717) is 11.3 Å². The lowest BCUT2D eigenvalue weighted by Crippen LogP contribution is -1.94. The Labute approximate surface area is 108 Å². The van der Waals surface area contributed by atoms with Crippen molar-refractivity contribution < 1.29 is 9.13 Å². The normalized spacial score (nSPS) is 9.83. The molecule has 0 saturated heterocycles.